The molecule has 0 spiro atoms. The topological polar surface area (TPSA) is 58.6 Å². The van der Waals surface area contributed by atoms with E-state index in [9.17, 15) is 5.11 Å². The van der Waals surface area contributed by atoms with E-state index < -0.39 is 0 Å². The van der Waals surface area contributed by atoms with Crippen LogP contribution in [0.2, 0.25) is 5.02 Å². The first kappa shape index (κ1) is 14.7. The summed E-state index contributed by atoms with van der Waals surface area (Å²) in [6.07, 6.45) is 1.79. The van der Waals surface area contributed by atoms with Crippen molar-refractivity contribution in [1.82, 2.24) is 4.98 Å². The van der Waals surface area contributed by atoms with Crippen molar-refractivity contribution >= 4 is 34.6 Å². The molecule has 1 aliphatic heterocycles. The molecule has 0 saturated carbocycles. The van der Waals surface area contributed by atoms with E-state index >= 15 is 0 Å². The Morgan fingerprint density at radius 3 is 2.62 bits per heavy atom. The first-order valence-electron chi connectivity index (χ1n) is 7.44. The Labute approximate surface area is 143 Å². The molecule has 24 heavy (non-hydrogen) atoms. The van der Waals surface area contributed by atoms with Crippen molar-refractivity contribution in [2.75, 3.05) is 0 Å². The maximum Gasteiger partial charge on any atom is 0.310 e. The number of nitrogens with zero attached hydrogens (tertiary/aromatic N) is 2. The van der Waals surface area contributed by atoms with Gasteiger partial charge in [-0.3, -0.25) is 4.99 Å². The highest BCUT2D eigenvalue weighted by molar-refractivity contribution is 6.31. The summed E-state index contributed by atoms with van der Waals surface area (Å²) in [5.74, 6) is 0.126. The molecule has 0 radical (unpaired) electrons. The molecule has 2 heterocycles. The molecule has 3 aromatic rings. The molecule has 4 rings (SSSR count). The summed E-state index contributed by atoms with van der Waals surface area (Å²) in [5.41, 5.74) is 4.87. The minimum absolute atomic E-state index is 0.218. The van der Waals surface area contributed by atoms with Gasteiger partial charge in [0.1, 0.15) is 5.69 Å². The molecule has 2 aromatic carbocycles. The molecular formula is C19H13ClN2O2. The van der Waals surface area contributed by atoms with Gasteiger partial charge in [0.25, 0.3) is 0 Å². The van der Waals surface area contributed by atoms with E-state index in [0.29, 0.717) is 16.6 Å². The van der Waals surface area contributed by atoms with Crippen molar-refractivity contribution < 1.29 is 9.52 Å². The van der Waals surface area contributed by atoms with E-state index in [2.05, 4.69) is 9.98 Å². The van der Waals surface area contributed by atoms with Crippen LogP contribution in [0.15, 0.2) is 57.9 Å². The quantitative estimate of drug-likeness (QED) is 0.686. The number of fused-ring (bicyclic) bond motifs is 1. The number of hydrogen-bond donors (Lipinski definition) is 1. The Morgan fingerprint density at radius 2 is 1.83 bits per heavy atom. The molecule has 0 amide bonds. The van der Waals surface area contributed by atoms with Crippen molar-refractivity contribution in [2.24, 2.45) is 4.99 Å². The Balaban J connectivity index is 1.76. The molecule has 0 fully saturated rings. The largest absolute Gasteiger partial charge is 0.479 e. The number of benzene rings is 2. The minimum Gasteiger partial charge on any atom is -0.479 e. The third-order valence-corrected chi connectivity index (χ3v) is 4.13. The predicted octanol–water partition coefficient (Wildman–Crippen LogP) is 5.35. The second-order valence-electron chi connectivity index (χ2n) is 5.49. The summed E-state index contributed by atoms with van der Waals surface area (Å²) in [7, 11) is 0. The van der Waals surface area contributed by atoms with Gasteiger partial charge in [0, 0.05) is 27.4 Å². The van der Waals surface area contributed by atoms with Crippen LogP contribution in [0, 0.1) is 0 Å². The summed E-state index contributed by atoms with van der Waals surface area (Å²) < 4.78 is 5.39. The fourth-order valence-corrected chi connectivity index (χ4v) is 2.81. The SMILES string of the molecule is CC1=Nc2ccccc2/C1=C/c1nc(-c2ccc(Cl)cc2)oc1O. The van der Waals surface area contributed by atoms with Gasteiger partial charge in [0.15, 0.2) is 0 Å². The van der Waals surface area contributed by atoms with E-state index in [4.69, 9.17) is 16.0 Å². The van der Waals surface area contributed by atoms with Gasteiger partial charge in [-0.15, -0.1) is 0 Å². The average molecular weight is 337 g/mol. The Bertz CT molecular complexity index is 985. The lowest BCUT2D eigenvalue weighted by Crippen LogP contribution is -1.90. The van der Waals surface area contributed by atoms with Gasteiger partial charge in [-0.1, -0.05) is 29.8 Å². The summed E-state index contributed by atoms with van der Waals surface area (Å²) >= 11 is 5.89. The zero-order valence-corrected chi connectivity index (χ0v) is 13.6. The van der Waals surface area contributed by atoms with Gasteiger partial charge in [-0.25, -0.2) is 4.98 Å². The molecule has 0 unspecified atom stereocenters. The van der Waals surface area contributed by atoms with Crippen molar-refractivity contribution in [3.63, 3.8) is 0 Å². The number of para-hydroxylation sites is 1. The monoisotopic (exact) mass is 336 g/mol. The highest BCUT2D eigenvalue weighted by atomic mass is 35.5. The van der Waals surface area contributed by atoms with E-state index in [1.165, 1.54) is 0 Å². The van der Waals surface area contributed by atoms with Crippen LogP contribution in [-0.4, -0.2) is 15.8 Å². The van der Waals surface area contributed by atoms with Gasteiger partial charge in [-0.2, -0.15) is 0 Å². The van der Waals surface area contributed by atoms with Crippen molar-refractivity contribution in [3.8, 4) is 17.4 Å². The first-order chi connectivity index (χ1) is 11.6. The lowest BCUT2D eigenvalue weighted by molar-refractivity contribution is 0.336. The third kappa shape index (κ3) is 2.51. The normalized spacial score (nSPS) is 14.8. The zero-order valence-electron chi connectivity index (χ0n) is 12.8. The van der Waals surface area contributed by atoms with Crippen LogP contribution < -0.4 is 0 Å². The molecule has 118 valence electrons. The number of oxazole rings is 1. The molecule has 0 saturated heterocycles. The average Bonchev–Trinajstić information content (AvgIpc) is 3.09. The Kier molecular flexibility index (Phi) is 3.47. The molecule has 4 nitrogen and oxygen atoms in total. The molecular weight excluding hydrogens is 324 g/mol. The first-order valence-corrected chi connectivity index (χ1v) is 7.82. The predicted molar refractivity (Wildman–Crippen MR) is 95.7 cm³/mol. The van der Waals surface area contributed by atoms with Gasteiger partial charge in [-0.05, 0) is 43.3 Å². The number of rotatable bonds is 2. The van der Waals surface area contributed by atoms with Crippen LogP contribution >= 0.6 is 11.6 Å². The number of allylic oxidation sites excluding steroid dienone is 1. The van der Waals surface area contributed by atoms with Gasteiger partial charge in [0.2, 0.25) is 5.89 Å². The van der Waals surface area contributed by atoms with Crippen LogP contribution in [0.25, 0.3) is 23.1 Å². The highest BCUT2D eigenvalue weighted by Crippen LogP contribution is 2.37. The maximum absolute atomic E-state index is 10.1. The van der Waals surface area contributed by atoms with E-state index in [1.807, 2.05) is 31.2 Å². The standard InChI is InChI=1S/C19H13ClN2O2/c1-11-15(14-4-2-3-5-16(14)21-11)10-17-19(23)24-18(22-17)12-6-8-13(20)9-7-12/h2-10,23H,1H3/b15-10+. The number of aromatic nitrogens is 1. The highest BCUT2D eigenvalue weighted by Gasteiger charge is 2.19. The van der Waals surface area contributed by atoms with Gasteiger partial charge >= 0.3 is 5.95 Å². The summed E-state index contributed by atoms with van der Waals surface area (Å²) in [4.78, 5) is 8.92. The summed E-state index contributed by atoms with van der Waals surface area (Å²) in [6.45, 7) is 1.93. The molecule has 1 aliphatic rings. The number of halogens is 1. The summed E-state index contributed by atoms with van der Waals surface area (Å²) in [5, 5.41) is 10.7. The zero-order chi connectivity index (χ0) is 16.7. The minimum atomic E-state index is -0.218. The maximum atomic E-state index is 10.1. The van der Waals surface area contributed by atoms with Crippen LogP contribution in [0.4, 0.5) is 5.69 Å². The van der Waals surface area contributed by atoms with Crippen molar-refractivity contribution in [3.05, 3.63) is 64.8 Å². The molecule has 0 atom stereocenters. The lowest BCUT2D eigenvalue weighted by Gasteiger charge is -1.99. The van der Waals surface area contributed by atoms with E-state index in [1.54, 1.807) is 30.3 Å². The Morgan fingerprint density at radius 1 is 1.08 bits per heavy atom. The molecule has 5 heteroatoms. The van der Waals surface area contributed by atoms with E-state index in [-0.39, 0.29) is 5.95 Å². The van der Waals surface area contributed by atoms with Crippen molar-refractivity contribution in [1.29, 1.82) is 0 Å². The second-order valence-corrected chi connectivity index (χ2v) is 5.93. The van der Waals surface area contributed by atoms with E-state index in [0.717, 1.165) is 28.1 Å². The van der Waals surface area contributed by atoms with Crippen LogP contribution in [0.5, 0.6) is 5.95 Å². The number of aliphatic imine (C=N–C) groups is 1. The Hall–Kier alpha value is -2.85. The second kappa shape index (κ2) is 5.65. The number of hydrogen-bond acceptors (Lipinski definition) is 4. The lowest BCUT2D eigenvalue weighted by atomic mass is 10.0. The van der Waals surface area contributed by atoms with Crippen LogP contribution in [0.1, 0.15) is 18.2 Å². The molecule has 1 N–H and O–H groups in total. The summed E-state index contributed by atoms with van der Waals surface area (Å²) in [6, 6.07) is 15.0. The van der Waals surface area contributed by atoms with Crippen molar-refractivity contribution in [2.45, 2.75) is 6.92 Å². The van der Waals surface area contributed by atoms with Gasteiger partial charge < -0.3 is 9.52 Å². The molecule has 0 bridgehead atoms. The fourth-order valence-electron chi connectivity index (χ4n) is 2.69. The molecule has 1 aromatic heterocycles. The smallest absolute Gasteiger partial charge is 0.310 e. The van der Waals surface area contributed by atoms with Crippen LogP contribution in [0.3, 0.4) is 0 Å². The molecule has 0 aliphatic carbocycles. The van der Waals surface area contributed by atoms with Gasteiger partial charge in [0.05, 0.1) is 5.69 Å². The van der Waals surface area contributed by atoms with Crippen LogP contribution in [-0.2, 0) is 0 Å². The fraction of sp³-hybridized carbons (Fsp3) is 0.0526. The third-order valence-electron chi connectivity index (χ3n) is 3.88. The number of aromatic hydroxyl groups is 1.